The lowest BCUT2D eigenvalue weighted by Gasteiger charge is -2.49. The molecule has 1 saturated heterocycles. The van der Waals surface area contributed by atoms with E-state index in [9.17, 15) is 9.90 Å². The lowest BCUT2D eigenvalue weighted by atomic mass is 9.79. The zero-order valence-corrected chi connectivity index (χ0v) is 13.2. The van der Waals surface area contributed by atoms with Gasteiger partial charge in [-0.25, -0.2) is 0 Å². The number of benzene rings is 1. The summed E-state index contributed by atoms with van der Waals surface area (Å²) in [6.45, 7) is 7.30. The average Bonchev–Trinajstić information content (AvgIpc) is 2.44. The van der Waals surface area contributed by atoms with Gasteiger partial charge in [0.15, 0.2) is 0 Å². The molecule has 0 saturated carbocycles. The molecule has 3 atom stereocenters. The molecule has 1 aliphatic heterocycles. The molecule has 1 aromatic rings. The van der Waals surface area contributed by atoms with Crippen LogP contribution in [-0.2, 0) is 4.79 Å². The number of amides is 1. The van der Waals surface area contributed by atoms with E-state index < -0.39 is 5.60 Å². The van der Waals surface area contributed by atoms with E-state index in [-0.39, 0.29) is 18.0 Å². The molecular weight excluding hydrogens is 264 g/mol. The Kier molecular flexibility index (Phi) is 5.01. The first-order chi connectivity index (χ1) is 9.95. The van der Waals surface area contributed by atoms with Crippen LogP contribution in [0.5, 0.6) is 0 Å². The van der Waals surface area contributed by atoms with Crippen molar-refractivity contribution in [2.24, 2.45) is 0 Å². The van der Waals surface area contributed by atoms with E-state index in [1.165, 1.54) is 6.92 Å². The predicted octanol–water partition coefficient (Wildman–Crippen LogP) is 2.10. The van der Waals surface area contributed by atoms with Crippen LogP contribution in [-0.4, -0.2) is 40.6 Å². The first kappa shape index (κ1) is 16.0. The van der Waals surface area contributed by atoms with E-state index in [0.717, 1.165) is 25.1 Å². The fourth-order valence-electron chi connectivity index (χ4n) is 3.26. The molecule has 0 aromatic heterocycles. The number of nitrogens with one attached hydrogen (secondary N) is 1. The van der Waals surface area contributed by atoms with Gasteiger partial charge in [-0.15, -0.1) is 0 Å². The fourth-order valence-corrected chi connectivity index (χ4v) is 3.26. The molecule has 0 unspecified atom stereocenters. The Balaban J connectivity index is 2.39. The van der Waals surface area contributed by atoms with Crippen molar-refractivity contribution >= 4 is 5.91 Å². The van der Waals surface area contributed by atoms with Gasteiger partial charge in [0.2, 0.25) is 5.91 Å². The van der Waals surface area contributed by atoms with Crippen molar-refractivity contribution in [1.29, 1.82) is 0 Å². The van der Waals surface area contributed by atoms with Crippen LogP contribution in [0.25, 0.3) is 0 Å². The average molecular weight is 290 g/mol. The predicted molar refractivity (Wildman–Crippen MR) is 83.9 cm³/mol. The van der Waals surface area contributed by atoms with Crippen LogP contribution in [0, 0.1) is 0 Å². The molecule has 1 aliphatic rings. The van der Waals surface area contributed by atoms with Crippen molar-refractivity contribution in [3.63, 3.8) is 0 Å². The quantitative estimate of drug-likeness (QED) is 0.893. The van der Waals surface area contributed by atoms with Crippen LogP contribution < -0.4 is 5.32 Å². The Morgan fingerprint density at radius 1 is 1.43 bits per heavy atom. The normalized spacial score (nSPS) is 30.1. The highest BCUT2D eigenvalue weighted by Crippen LogP contribution is 2.36. The molecule has 1 heterocycles. The third-order valence-electron chi connectivity index (χ3n) is 4.29. The molecular formula is C17H26N2O2. The first-order valence-corrected chi connectivity index (χ1v) is 7.74. The maximum Gasteiger partial charge on any atom is 0.217 e. The standard InChI is InChI=1S/C17H26N2O2/c1-4-11-19-12-10-17(3,21)16(18-13(2)20)15(19)14-8-6-5-7-9-14/h5-9,15-16,21H,4,10-12H2,1-3H3,(H,18,20)/t15-,16-,17+/m0/s1. The minimum Gasteiger partial charge on any atom is -0.388 e. The van der Waals surface area contributed by atoms with Crippen LogP contribution in [0.1, 0.15) is 45.2 Å². The number of likely N-dealkylation sites (tertiary alicyclic amines) is 1. The van der Waals surface area contributed by atoms with Crippen LogP contribution >= 0.6 is 0 Å². The third-order valence-corrected chi connectivity index (χ3v) is 4.29. The Labute approximate surface area is 127 Å². The molecule has 1 aromatic carbocycles. The molecule has 0 spiro atoms. The molecule has 0 aliphatic carbocycles. The number of carbonyl (C=O) groups excluding carboxylic acids is 1. The van der Waals surface area contributed by atoms with Crippen molar-refractivity contribution in [2.75, 3.05) is 13.1 Å². The second-order valence-corrected chi connectivity index (χ2v) is 6.18. The van der Waals surface area contributed by atoms with Crippen molar-refractivity contribution in [1.82, 2.24) is 10.2 Å². The third kappa shape index (κ3) is 3.63. The van der Waals surface area contributed by atoms with Crippen molar-refractivity contribution in [3.8, 4) is 0 Å². The monoisotopic (exact) mass is 290 g/mol. The number of nitrogens with zero attached hydrogens (tertiary/aromatic N) is 1. The molecule has 2 rings (SSSR count). The number of aliphatic hydroxyl groups is 1. The van der Waals surface area contributed by atoms with Crippen molar-refractivity contribution < 1.29 is 9.90 Å². The van der Waals surface area contributed by atoms with E-state index in [2.05, 4.69) is 29.3 Å². The molecule has 1 fully saturated rings. The Morgan fingerprint density at radius 2 is 2.10 bits per heavy atom. The molecule has 0 radical (unpaired) electrons. The van der Waals surface area contributed by atoms with Crippen molar-refractivity contribution in [2.45, 2.75) is 51.3 Å². The Morgan fingerprint density at radius 3 is 2.67 bits per heavy atom. The smallest absolute Gasteiger partial charge is 0.217 e. The van der Waals surface area contributed by atoms with Gasteiger partial charge in [-0.1, -0.05) is 37.3 Å². The highest BCUT2D eigenvalue weighted by molar-refractivity contribution is 5.73. The summed E-state index contributed by atoms with van der Waals surface area (Å²) in [5, 5.41) is 13.7. The number of hydrogen-bond acceptors (Lipinski definition) is 3. The maximum absolute atomic E-state index is 11.6. The van der Waals surface area contributed by atoms with Crippen LogP contribution in [0.2, 0.25) is 0 Å². The largest absolute Gasteiger partial charge is 0.388 e. The van der Waals surface area contributed by atoms with Gasteiger partial charge >= 0.3 is 0 Å². The number of rotatable bonds is 4. The topological polar surface area (TPSA) is 52.6 Å². The number of piperidine rings is 1. The Bertz CT molecular complexity index is 473. The molecule has 4 nitrogen and oxygen atoms in total. The van der Waals surface area contributed by atoms with Crippen LogP contribution in [0.15, 0.2) is 30.3 Å². The zero-order valence-electron chi connectivity index (χ0n) is 13.2. The van der Waals surface area contributed by atoms with Gasteiger partial charge in [0.05, 0.1) is 17.7 Å². The van der Waals surface area contributed by atoms with E-state index in [4.69, 9.17) is 0 Å². The fraction of sp³-hybridized carbons (Fsp3) is 0.588. The summed E-state index contributed by atoms with van der Waals surface area (Å²) in [5.74, 6) is -0.0976. The lowest BCUT2D eigenvalue weighted by Crippen LogP contribution is -2.62. The van der Waals surface area contributed by atoms with Crippen molar-refractivity contribution in [3.05, 3.63) is 35.9 Å². The van der Waals surface area contributed by atoms with Gasteiger partial charge in [-0.05, 0) is 31.9 Å². The summed E-state index contributed by atoms with van der Waals surface area (Å²) in [7, 11) is 0. The summed E-state index contributed by atoms with van der Waals surface area (Å²) in [6.07, 6.45) is 1.72. The summed E-state index contributed by atoms with van der Waals surface area (Å²) in [4.78, 5) is 14.0. The second-order valence-electron chi connectivity index (χ2n) is 6.18. The van der Waals surface area contributed by atoms with E-state index in [1.807, 2.05) is 25.1 Å². The summed E-state index contributed by atoms with van der Waals surface area (Å²) < 4.78 is 0. The van der Waals surface area contributed by atoms with E-state index >= 15 is 0 Å². The maximum atomic E-state index is 11.6. The number of carbonyl (C=O) groups is 1. The Hall–Kier alpha value is -1.39. The molecule has 116 valence electrons. The summed E-state index contributed by atoms with van der Waals surface area (Å²) in [5.41, 5.74) is 0.251. The number of hydrogen-bond donors (Lipinski definition) is 2. The first-order valence-electron chi connectivity index (χ1n) is 7.74. The molecule has 4 heteroatoms. The van der Waals surface area contributed by atoms with Gasteiger partial charge in [0.25, 0.3) is 0 Å². The molecule has 1 amide bonds. The zero-order chi connectivity index (χ0) is 15.5. The highest BCUT2D eigenvalue weighted by atomic mass is 16.3. The minimum absolute atomic E-state index is 0.0128. The SMILES string of the molecule is CCCN1CC[C@@](C)(O)[C@@H](NC(C)=O)[C@@H]1c1ccccc1. The van der Waals surface area contributed by atoms with E-state index in [1.54, 1.807) is 0 Å². The second kappa shape index (κ2) is 6.58. The van der Waals surface area contributed by atoms with E-state index in [0.29, 0.717) is 6.42 Å². The van der Waals surface area contributed by atoms with Gasteiger partial charge in [-0.2, -0.15) is 0 Å². The minimum atomic E-state index is -0.892. The van der Waals surface area contributed by atoms with Crippen LogP contribution in [0.4, 0.5) is 0 Å². The summed E-state index contributed by atoms with van der Waals surface area (Å²) >= 11 is 0. The molecule has 21 heavy (non-hydrogen) atoms. The molecule has 0 bridgehead atoms. The van der Waals surface area contributed by atoms with Gasteiger partial charge in [0, 0.05) is 13.5 Å². The highest BCUT2D eigenvalue weighted by Gasteiger charge is 2.45. The van der Waals surface area contributed by atoms with Crippen LogP contribution in [0.3, 0.4) is 0 Å². The van der Waals surface area contributed by atoms with Gasteiger partial charge in [0.1, 0.15) is 0 Å². The molecule has 2 N–H and O–H groups in total. The van der Waals surface area contributed by atoms with Gasteiger partial charge in [-0.3, -0.25) is 9.69 Å². The summed E-state index contributed by atoms with van der Waals surface area (Å²) in [6, 6.07) is 9.87. The van der Waals surface area contributed by atoms with Gasteiger partial charge < -0.3 is 10.4 Å². The lowest BCUT2D eigenvalue weighted by molar-refractivity contribution is -0.126.